The molecule has 2 amide bonds. The van der Waals surface area contributed by atoms with Crippen molar-refractivity contribution in [1.82, 2.24) is 10.2 Å². The molecule has 5 rings (SSSR count). The lowest BCUT2D eigenvalue weighted by molar-refractivity contribution is 0.229. The number of urea groups is 1. The van der Waals surface area contributed by atoms with Gasteiger partial charge in [-0.3, -0.25) is 4.90 Å². The van der Waals surface area contributed by atoms with Crippen molar-refractivity contribution in [2.24, 2.45) is 0 Å². The first-order chi connectivity index (χ1) is 14.2. The van der Waals surface area contributed by atoms with Crippen molar-refractivity contribution in [3.8, 4) is 0 Å². The molecule has 2 fully saturated rings. The highest BCUT2D eigenvalue weighted by Crippen LogP contribution is 2.27. The van der Waals surface area contributed by atoms with E-state index in [4.69, 9.17) is 0 Å². The van der Waals surface area contributed by atoms with Gasteiger partial charge in [0.2, 0.25) is 0 Å². The normalized spacial score (nSPS) is 20.6. The van der Waals surface area contributed by atoms with Gasteiger partial charge in [0.25, 0.3) is 0 Å². The summed E-state index contributed by atoms with van der Waals surface area (Å²) < 4.78 is 0. The summed E-state index contributed by atoms with van der Waals surface area (Å²) in [5.41, 5.74) is 5.30. The molecule has 5 nitrogen and oxygen atoms in total. The molecule has 5 heteroatoms. The highest BCUT2D eigenvalue weighted by Gasteiger charge is 2.28. The Balaban J connectivity index is 1.14. The van der Waals surface area contributed by atoms with Crippen LogP contribution in [0.2, 0.25) is 0 Å². The van der Waals surface area contributed by atoms with E-state index in [1.807, 2.05) is 11.9 Å². The Kier molecular flexibility index (Phi) is 4.92. The number of benzene rings is 2. The standard InChI is InChI=1S/C24H30N4O/c1-26-14-15-28(24(26)29)23-8-6-22(7-9-23)27-12-10-20(11-13-27)25-21-16-18-4-2-3-5-19(18)17-21/h2-9,20-21,25H,10-17H2,1H3. The van der Waals surface area contributed by atoms with Crippen LogP contribution in [0, 0.1) is 0 Å². The molecule has 0 spiro atoms. The number of nitrogens with one attached hydrogen (secondary N) is 1. The maximum Gasteiger partial charge on any atom is 0.324 e. The van der Waals surface area contributed by atoms with Crippen molar-refractivity contribution in [2.75, 3.05) is 43.0 Å². The Morgan fingerprint density at radius 3 is 2.00 bits per heavy atom. The van der Waals surface area contributed by atoms with Crippen molar-refractivity contribution in [1.29, 1.82) is 0 Å². The van der Waals surface area contributed by atoms with Crippen molar-refractivity contribution in [3.63, 3.8) is 0 Å². The van der Waals surface area contributed by atoms with Crippen LogP contribution in [0.1, 0.15) is 24.0 Å². The third-order valence-corrected chi connectivity index (χ3v) is 6.76. The highest BCUT2D eigenvalue weighted by molar-refractivity contribution is 5.94. The average molecular weight is 391 g/mol. The van der Waals surface area contributed by atoms with Crippen molar-refractivity contribution in [3.05, 3.63) is 59.7 Å². The number of nitrogens with zero attached hydrogens (tertiary/aromatic N) is 3. The summed E-state index contributed by atoms with van der Waals surface area (Å²) in [5, 5.41) is 3.92. The Bertz CT molecular complexity index is 848. The Morgan fingerprint density at radius 2 is 1.41 bits per heavy atom. The number of carbonyl (C=O) groups is 1. The predicted octanol–water partition coefficient (Wildman–Crippen LogP) is 3.28. The Hall–Kier alpha value is -2.53. The number of hydrogen-bond donors (Lipinski definition) is 1. The van der Waals surface area contributed by atoms with Crippen LogP contribution in [-0.4, -0.2) is 56.2 Å². The molecule has 1 N–H and O–H groups in total. The second-order valence-electron chi connectivity index (χ2n) is 8.67. The summed E-state index contributed by atoms with van der Waals surface area (Å²) in [6.07, 6.45) is 4.71. The van der Waals surface area contributed by atoms with E-state index < -0.39 is 0 Å². The third kappa shape index (κ3) is 3.71. The van der Waals surface area contributed by atoms with E-state index in [1.165, 1.54) is 42.5 Å². The quantitative estimate of drug-likeness (QED) is 0.871. The SMILES string of the molecule is CN1CCN(c2ccc(N3CCC(NC4Cc5ccccc5C4)CC3)cc2)C1=O. The van der Waals surface area contributed by atoms with Crippen LogP contribution in [0.15, 0.2) is 48.5 Å². The van der Waals surface area contributed by atoms with Gasteiger partial charge >= 0.3 is 6.03 Å². The minimum Gasteiger partial charge on any atom is -0.371 e. The molecule has 0 saturated carbocycles. The lowest BCUT2D eigenvalue weighted by atomic mass is 10.0. The molecule has 1 aliphatic carbocycles. The van der Waals surface area contributed by atoms with E-state index in [9.17, 15) is 4.79 Å². The zero-order valence-electron chi connectivity index (χ0n) is 17.2. The van der Waals surface area contributed by atoms with Gasteiger partial charge < -0.3 is 15.1 Å². The van der Waals surface area contributed by atoms with E-state index >= 15 is 0 Å². The molecule has 3 aliphatic rings. The molecular weight excluding hydrogens is 360 g/mol. The van der Waals surface area contributed by atoms with Gasteiger partial charge in [-0.15, -0.1) is 0 Å². The van der Waals surface area contributed by atoms with Crippen LogP contribution >= 0.6 is 0 Å². The van der Waals surface area contributed by atoms with E-state index in [0.717, 1.165) is 31.9 Å². The molecule has 2 saturated heterocycles. The summed E-state index contributed by atoms with van der Waals surface area (Å²) in [4.78, 5) is 18.3. The average Bonchev–Trinajstić information content (AvgIpc) is 3.31. The van der Waals surface area contributed by atoms with E-state index in [0.29, 0.717) is 12.1 Å². The monoisotopic (exact) mass is 390 g/mol. The predicted molar refractivity (Wildman–Crippen MR) is 118 cm³/mol. The largest absolute Gasteiger partial charge is 0.371 e. The summed E-state index contributed by atoms with van der Waals surface area (Å²) >= 11 is 0. The molecule has 0 radical (unpaired) electrons. The number of amides is 2. The van der Waals surface area contributed by atoms with Gasteiger partial charge in [-0.25, -0.2) is 4.79 Å². The maximum atomic E-state index is 12.2. The van der Waals surface area contributed by atoms with Gasteiger partial charge in [0, 0.05) is 56.7 Å². The second kappa shape index (κ2) is 7.71. The molecule has 152 valence electrons. The van der Waals surface area contributed by atoms with Crippen LogP contribution in [0.25, 0.3) is 0 Å². The molecule has 0 aromatic heterocycles. The van der Waals surface area contributed by atoms with Crippen LogP contribution in [0.5, 0.6) is 0 Å². The number of rotatable bonds is 4. The summed E-state index contributed by atoms with van der Waals surface area (Å²) in [6.45, 7) is 3.74. The zero-order valence-corrected chi connectivity index (χ0v) is 17.2. The fraction of sp³-hybridized carbons (Fsp3) is 0.458. The van der Waals surface area contributed by atoms with Crippen LogP contribution < -0.4 is 15.1 Å². The van der Waals surface area contributed by atoms with Gasteiger partial charge in [-0.1, -0.05) is 24.3 Å². The Morgan fingerprint density at radius 1 is 0.793 bits per heavy atom. The first-order valence-corrected chi connectivity index (χ1v) is 10.9. The minimum atomic E-state index is 0.0960. The number of anilines is 2. The molecule has 29 heavy (non-hydrogen) atoms. The van der Waals surface area contributed by atoms with Crippen LogP contribution in [0.3, 0.4) is 0 Å². The highest BCUT2D eigenvalue weighted by atomic mass is 16.2. The molecule has 0 atom stereocenters. The number of likely N-dealkylation sites (N-methyl/N-ethyl adjacent to an activating group) is 1. The van der Waals surface area contributed by atoms with Gasteiger partial charge in [-0.2, -0.15) is 0 Å². The Labute approximate surface area is 173 Å². The van der Waals surface area contributed by atoms with Gasteiger partial charge in [0.1, 0.15) is 0 Å². The van der Waals surface area contributed by atoms with Crippen molar-refractivity contribution >= 4 is 17.4 Å². The van der Waals surface area contributed by atoms with E-state index in [1.54, 1.807) is 4.90 Å². The van der Waals surface area contributed by atoms with E-state index in [2.05, 4.69) is 58.7 Å². The number of fused-ring (bicyclic) bond motifs is 1. The topological polar surface area (TPSA) is 38.8 Å². The second-order valence-corrected chi connectivity index (χ2v) is 8.67. The van der Waals surface area contributed by atoms with E-state index in [-0.39, 0.29) is 6.03 Å². The molecule has 2 aromatic carbocycles. The molecule has 2 aromatic rings. The van der Waals surface area contributed by atoms with Crippen molar-refractivity contribution in [2.45, 2.75) is 37.8 Å². The minimum absolute atomic E-state index is 0.0960. The molecule has 0 unspecified atom stereocenters. The molecular formula is C24H30N4O. The molecule has 2 heterocycles. The molecule has 0 bridgehead atoms. The van der Waals surface area contributed by atoms with Gasteiger partial charge in [-0.05, 0) is 61.1 Å². The maximum absolute atomic E-state index is 12.2. The summed E-state index contributed by atoms with van der Waals surface area (Å²) in [6, 6.07) is 18.7. The molecule has 2 aliphatic heterocycles. The first kappa shape index (κ1) is 18.5. The van der Waals surface area contributed by atoms with Crippen LogP contribution in [0.4, 0.5) is 16.2 Å². The number of piperidine rings is 1. The smallest absolute Gasteiger partial charge is 0.324 e. The summed E-state index contributed by atoms with van der Waals surface area (Å²) in [5.74, 6) is 0. The van der Waals surface area contributed by atoms with Crippen molar-refractivity contribution < 1.29 is 4.79 Å². The lowest BCUT2D eigenvalue weighted by Crippen LogP contribution is -2.46. The van der Waals surface area contributed by atoms with Gasteiger partial charge in [0.15, 0.2) is 0 Å². The summed E-state index contributed by atoms with van der Waals surface area (Å²) in [7, 11) is 1.86. The third-order valence-electron chi connectivity index (χ3n) is 6.76. The number of hydrogen-bond acceptors (Lipinski definition) is 3. The zero-order chi connectivity index (χ0) is 19.8. The lowest BCUT2D eigenvalue weighted by Gasteiger charge is -2.35. The number of carbonyl (C=O) groups excluding carboxylic acids is 1. The van der Waals surface area contributed by atoms with Crippen LogP contribution in [-0.2, 0) is 12.8 Å². The fourth-order valence-corrected chi connectivity index (χ4v) is 5.04. The van der Waals surface area contributed by atoms with Gasteiger partial charge in [0.05, 0.1) is 0 Å². The first-order valence-electron chi connectivity index (χ1n) is 10.9. The fourth-order valence-electron chi connectivity index (χ4n) is 5.04.